The van der Waals surface area contributed by atoms with E-state index >= 15 is 0 Å². The summed E-state index contributed by atoms with van der Waals surface area (Å²) in [6.07, 6.45) is 6.17. The number of benzene rings is 1. The van der Waals surface area contributed by atoms with Gasteiger partial charge in [-0.1, -0.05) is 25.0 Å². The minimum absolute atomic E-state index is 0.0480. The number of hydrogen-bond donors (Lipinski definition) is 1. The van der Waals surface area contributed by atoms with Crippen molar-refractivity contribution in [2.45, 2.75) is 56.5 Å². The highest BCUT2D eigenvalue weighted by molar-refractivity contribution is 7.89. The summed E-state index contributed by atoms with van der Waals surface area (Å²) in [4.78, 5) is 19.3. The third kappa shape index (κ3) is 4.22. The molecule has 1 amide bonds. The maximum absolute atomic E-state index is 13.3. The van der Waals surface area contributed by atoms with Crippen molar-refractivity contribution in [1.82, 2.24) is 19.5 Å². The van der Waals surface area contributed by atoms with Crippen molar-refractivity contribution < 1.29 is 13.2 Å². The lowest BCUT2D eigenvalue weighted by molar-refractivity contribution is -0.127. The van der Waals surface area contributed by atoms with E-state index in [0.29, 0.717) is 37.7 Å². The predicted molar refractivity (Wildman–Crippen MR) is 117 cm³/mol. The second kappa shape index (κ2) is 8.61. The van der Waals surface area contributed by atoms with Crippen LogP contribution in [0.2, 0.25) is 0 Å². The molecule has 1 aliphatic heterocycles. The van der Waals surface area contributed by atoms with Crippen LogP contribution in [0, 0.1) is 6.92 Å². The molecule has 0 spiro atoms. The van der Waals surface area contributed by atoms with Gasteiger partial charge in [0.15, 0.2) is 0 Å². The van der Waals surface area contributed by atoms with Crippen molar-refractivity contribution in [2.75, 3.05) is 26.2 Å². The predicted octanol–water partition coefficient (Wildman–Crippen LogP) is 2.30. The molecule has 2 aliphatic rings. The fourth-order valence-electron chi connectivity index (χ4n) is 4.48. The van der Waals surface area contributed by atoms with Gasteiger partial charge in [-0.25, -0.2) is 8.42 Å². The second-order valence-corrected chi connectivity index (χ2v) is 10.4. The van der Waals surface area contributed by atoms with Crippen LogP contribution in [0.3, 0.4) is 0 Å². The van der Waals surface area contributed by atoms with Crippen LogP contribution in [-0.4, -0.2) is 66.8 Å². The van der Waals surface area contributed by atoms with Crippen molar-refractivity contribution in [1.29, 1.82) is 0 Å². The molecule has 1 saturated carbocycles. The Balaban J connectivity index is 1.44. The van der Waals surface area contributed by atoms with E-state index in [4.69, 9.17) is 0 Å². The SMILES string of the molecule is Cc1cnc2c(S(=O)(=O)N3CCN([C@H](C)C(=O)NC4CCCC4)CC3)cccc2c1. The maximum atomic E-state index is 13.3. The number of sulfonamides is 1. The third-order valence-corrected chi connectivity index (χ3v) is 8.26. The molecule has 0 bridgehead atoms. The molecular weight excluding hydrogens is 400 g/mol. The Bertz CT molecular complexity index is 1030. The summed E-state index contributed by atoms with van der Waals surface area (Å²) in [5, 5.41) is 3.97. The van der Waals surface area contributed by atoms with E-state index in [0.717, 1.165) is 23.8 Å². The Labute approximate surface area is 178 Å². The lowest BCUT2D eigenvalue weighted by Gasteiger charge is -2.37. The van der Waals surface area contributed by atoms with Crippen LogP contribution in [0.5, 0.6) is 0 Å². The number of para-hydroxylation sites is 1. The van der Waals surface area contributed by atoms with E-state index < -0.39 is 10.0 Å². The molecule has 7 nitrogen and oxygen atoms in total. The second-order valence-electron chi connectivity index (χ2n) is 8.45. The highest BCUT2D eigenvalue weighted by Crippen LogP contribution is 2.26. The molecule has 0 radical (unpaired) electrons. The number of amides is 1. The lowest BCUT2D eigenvalue weighted by Crippen LogP contribution is -2.55. The molecule has 0 unspecified atom stereocenters. The first-order valence-corrected chi connectivity index (χ1v) is 12.2. The van der Waals surface area contributed by atoms with Gasteiger partial charge in [-0.05, 0) is 44.4 Å². The summed E-state index contributed by atoms with van der Waals surface area (Å²) in [5.41, 5.74) is 1.50. The van der Waals surface area contributed by atoms with Gasteiger partial charge < -0.3 is 5.32 Å². The minimum atomic E-state index is -3.65. The first-order chi connectivity index (χ1) is 14.4. The minimum Gasteiger partial charge on any atom is -0.352 e. The number of carbonyl (C=O) groups excluding carboxylic acids is 1. The Morgan fingerprint density at radius 1 is 1.17 bits per heavy atom. The molecule has 30 heavy (non-hydrogen) atoms. The highest BCUT2D eigenvalue weighted by Gasteiger charge is 2.33. The number of carbonyl (C=O) groups is 1. The first kappa shape index (κ1) is 21.2. The van der Waals surface area contributed by atoms with Crippen LogP contribution in [0.1, 0.15) is 38.2 Å². The summed E-state index contributed by atoms with van der Waals surface area (Å²) < 4.78 is 28.1. The Morgan fingerprint density at radius 2 is 1.87 bits per heavy atom. The number of fused-ring (bicyclic) bond motifs is 1. The average Bonchev–Trinajstić information content (AvgIpc) is 3.25. The van der Waals surface area contributed by atoms with Crippen LogP contribution in [0.15, 0.2) is 35.4 Å². The van der Waals surface area contributed by atoms with Crippen LogP contribution < -0.4 is 5.32 Å². The van der Waals surface area contributed by atoms with E-state index in [1.54, 1.807) is 18.3 Å². The number of aromatic nitrogens is 1. The Morgan fingerprint density at radius 3 is 2.57 bits per heavy atom. The molecule has 2 aromatic rings. The van der Waals surface area contributed by atoms with E-state index in [1.807, 2.05) is 26.0 Å². The highest BCUT2D eigenvalue weighted by atomic mass is 32.2. The van der Waals surface area contributed by atoms with E-state index in [1.165, 1.54) is 17.1 Å². The summed E-state index contributed by atoms with van der Waals surface area (Å²) >= 11 is 0. The largest absolute Gasteiger partial charge is 0.352 e. The summed E-state index contributed by atoms with van der Waals surface area (Å²) in [6.45, 7) is 5.66. The standard InChI is InChI=1S/C22H30N4O3S/c1-16-14-18-6-5-9-20(21(18)23-15-16)30(28,29)26-12-10-25(11-13-26)17(2)22(27)24-19-7-3-4-8-19/h5-6,9,14-15,17,19H,3-4,7-8,10-13H2,1-2H3,(H,24,27)/t17-/m1/s1. The van der Waals surface area contributed by atoms with Gasteiger partial charge >= 0.3 is 0 Å². The van der Waals surface area contributed by atoms with Crippen molar-refractivity contribution >= 4 is 26.8 Å². The van der Waals surface area contributed by atoms with Gasteiger partial charge in [0, 0.05) is 43.8 Å². The quantitative estimate of drug-likeness (QED) is 0.787. The van der Waals surface area contributed by atoms with Gasteiger partial charge in [0.25, 0.3) is 0 Å². The molecule has 8 heteroatoms. The zero-order valence-electron chi connectivity index (χ0n) is 17.7. The molecular formula is C22H30N4O3S. The van der Waals surface area contributed by atoms with Crippen molar-refractivity contribution in [3.8, 4) is 0 Å². The maximum Gasteiger partial charge on any atom is 0.245 e. The van der Waals surface area contributed by atoms with E-state index in [2.05, 4.69) is 15.2 Å². The molecule has 1 aliphatic carbocycles. The van der Waals surface area contributed by atoms with Crippen LogP contribution in [0.25, 0.3) is 10.9 Å². The number of nitrogens with one attached hydrogen (secondary N) is 1. The topological polar surface area (TPSA) is 82.6 Å². The number of hydrogen-bond acceptors (Lipinski definition) is 5. The van der Waals surface area contributed by atoms with Gasteiger partial charge in [-0.15, -0.1) is 0 Å². The van der Waals surface area contributed by atoms with Crippen molar-refractivity contribution in [3.63, 3.8) is 0 Å². The van der Waals surface area contributed by atoms with Gasteiger partial charge in [-0.2, -0.15) is 4.31 Å². The lowest BCUT2D eigenvalue weighted by atomic mass is 10.2. The third-order valence-electron chi connectivity index (χ3n) is 6.33. The normalized spacial score (nSPS) is 20.5. The zero-order chi connectivity index (χ0) is 21.3. The number of pyridine rings is 1. The zero-order valence-corrected chi connectivity index (χ0v) is 18.5. The Hall–Kier alpha value is -2.03. The molecule has 1 aromatic heterocycles. The van der Waals surface area contributed by atoms with Crippen LogP contribution in [-0.2, 0) is 14.8 Å². The number of aryl methyl sites for hydroxylation is 1. The number of nitrogens with zero attached hydrogens (tertiary/aromatic N) is 3. The van der Waals surface area contributed by atoms with Crippen molar-refractivity contribution in [3.05, 3.63) is 36.0 Å². The first-order valence-electron chi connectivity index (χ1n) is 10.8. The molecule has 1 saturated heterocycles. The molecule has 2 heterocycles. The molecule has 4 rings (SSSR count). The van der Waals surface area contributed by atoms with Gasteiger partial charge in [0.1, 0.15) is 4.90 Å². The molecule has 1 atom stereocenters. The molecule has 162 valence electrons. The fourth-order valence-corrected chi connectivity index (χ4v) is 6.07. The monoisotopic (exact) mass is 430 g/mol. The number of piperazine rings is 1. The molecule has 1 N–H and O–H groups in total. The van der Waals surface area contributed by atoms with Gasteiger partial charge in [0.05, 0.1) is 11.6 Å². The Kier molecular flexibility index (Phi) is 6.09. The molecule has 2 fully saturated rings. The van der Waals surface area contributed by atoms with Gasteiger partial charge in [0.2, 0.25) is 15.9 Å². The van der Waals surface area contributed by atoms with Gasteiger partial charge in [-0.3, -0.25) is 14.7 Å². The molecule has 1 aromatic carbocycles. The smallest absolute Gasteiger partial charge is 0.245 e. The van der Waals surface area contributed by atoms with Crippen LogP contribution in [0.4, 0.5) is 0 Å². The summed E-state index contributed by atoms with van der Waals surface area (Å²) in [6, 6.07) is 7.27. The summed E-state index contributed by atoms with van der Waals surface area (Å²) in [5.74, 6) is 0.0480. The van der Waals surface area contributed by atoms with Crippen LogP contribution >= 0.6 is 0 Å². The summed E-state index contributed by atoms with van der Waals surface area (Å²) in [7, 11) is -3.65. The van der Waals surface area contributed by atoms with Crippen molar-refractivity contribution in [2.24, 2.45) is 0 Å². The average molecular weight is 431 g/mol. The number of rotatable bonds is 5. The fraction of sp³-hybridized carbons (Fsp3) is 0.545. The van der Waals surface area contributed by atoms with E-state index in [9.17, 15) is 13.2 Å². The van der Waals surface area contributed by atoms with E-state index in [-0.39, 0.29) is 16.8 Å².